The molecule has 2 N–H and O–H groups in total. The Morgan fingerprint density at radius 3 is 2.52 bits per heavy atom. The van der Waals surface area contributed by atoms with Gasteiger partial charge in [0.25, 0.3) is 5.91 Å². The van der Waals surface area contributed by atoms with E-state index in [1.807, 2.05) is 68.4 Å². The van der Waals surface area contributed by atoms with E-state index >= 15 is 0 Å². The van der Waals surface area contributed by atoms with Gasteiger partial charge in [-0.2, -0.15) is 10.2 Å². The Hall–Kier alpha value is -3.41. The van der Waals surface area contributed by atoms with E-state index in [-0.39, 0.29) is 5.91 Å². The van der Waals surface area contributed by atoms with Crippen LogP contribution in [0.15, 0.2) is 65.8 Å². The molecule has 138 valence electrons. The number of benzene rings is 2. The standard InChI is InChI=1S/C21H22N4O2/c1-3-18(16-10-12-17(13-11-16)27-4-2)22-25-21(26)20-14-19(23-24-20)15-8-6-5-7-9-15/h5-14H,3-4H2,1-2H3,(H,23,24)(H,25,26)/b22-18+. The number of hydrazone groups is 1. The number of hydrogen-bond donors (Lipinski definition) is 2. The molecular formula is C21H22N4O2. The number of aromatic amines is 1. The molecule has 0 fully saturated rings. The molecule has 0 unspecified atom stereocenters. The molecule has 0 saturated carbocycles. The lowest BCUT2D eigenvalue weighted by atomic mass is 10.1. The van der Waals surface area contributed by atoms with Crippen LogP contribution in [0.25, 0.3) is 11.3 Å². The van der Waals surface area contributed by atoms with E-state index in [0.717, 1.165) is 22.6 Å². The summed E-state index contributed by atoms with van der Waals surface area (Å²) in [5.41, 5.74) is 6.35. The van der Waals surface area contributed by atoms with Crippen LogP contribution in [-0.4, -0.2) is 28.4 Å². The van der Waals surface area contributed by atoms with Gasteiger partial charge in [0.05, 0.1) is 18.0 Å². The van der Waals surface area contributed by atoms with Gasteiger partial charge >= 0.3 is 0 Å². The Kier molecular flexibility index (Phi) is 5.99. The highest BCUT2D eigenvalue weighted by Gasteiger charge is 2.11. The summed E-state index contributed by atoms with van der Waals surface area (Å²) in [6, 6.07) is 19.0. The van der Waals surface area contributed by atoms with Crippen LogP contribution in [0.2, 0.25) is 0 Å². The summed E-state index contributed by atoms with van der Waals surface area (Å²) in [6.07, 6.45) is 0.687. The Bertz CT molecular complexity index is 915. The molecule has 3 rings (SSSR count). The van der Waals surface area contributed by atoms with Gasteiger partial charge < -0.3 is 4.74 Å². The Morgan fingerprint density at radius 2 is 1.85 bits per heavy atom. The molecule has 1 amide bonds. The number of amides is 1. The lowest BCUT2D eigenvalue weighted by Gasteiger charge is -2.07. The van der Waals surface area contributed by atoms with Crippen molar-refractivity contribution in [1.82, 2.24) is 15.6 Å². The van der Waals surface area contributed by atoms with E-state index in [1.165, 1.54) is 0 Å². The van der Waals surface area contributed by atoms with Crippen LogP contribution < -0.4 is 10.2 Å². The van der Waals surface area contributed by atoms with E-state index in [4.69, 9.17) is 4.74 Å². The van der Waals surface area contributed by atoms with Crippen molar-refractivity contribution in [2.45, 2.75) is 20.3 Å². The Balaban J connectivity index is 1.70. The summed E-state index contributed by atoms with van der Waals surface area (Å²) in [5, 5.41) is 11.2. The molecule has 6 nitrogen and oxygen atoms in total. The van der Waals surface area contributed by atoms with Crippen LogP contribution in [0.4, 0.5) is 0 Å². The van der Waals surface area contributed by atoms with Gasteiger partial charge in [-0.3, -0.25) is 9.89 Å². The van der Waals surface area contributed by atoms with Crippen molar-refractivity contribution < 1.29 is 9.53 Å². The fourth-order valence-corrected chi connectivity index (χ4v) is 2.63. The monoisotopic (exact) mass is 362 g/mol. The fourth-order valence-electron chi connectivity index (χ4n) is 2.63. The smallest absolute Gasteiger partial charge is 0.289 e. The number of aromatic nitrogens is 2. The van der Waals surface area contributed by atoms with Crippen LogP contribution >= 0.6 is 0 Å². The van der Waals surface area contributed by atoms with E-state index in [2.05, 4.69) is 20.7 Å². The van der Waals surface area contributed by atoms with Crippen molar-refractivity contribution in [2.75, 3.05) is 6.61 Å². The minimum absolute atomic E-state index is 0.332. The predicted octanol–water partition coefficient (Wildman–Crippen LogP) is 4.02. The highest BCUT2D eigenvalue weighted by atomic mass is 16.5. The van der Waals surface area contributed by atoms with Crippen molar-refractivity contribution in [3.05, 3.63) is 71.9 Å². The second-order valence-corrected chi connectivity index (χ2v) is 5.84. The third-order valence-corrected chi connectivity index (χ3v) is 4.02. The highest BCUT2D eigenvalue weighted by molar-refractivity contribution is 6.02. The van der Waals surface area contributed by atoms with E-state index in [1.54, 1.807) is 6.07 Å². The molecule has 3 aromatic rings. The maximum Gasteiger partial charge on any atom is 0.289 e. The number of H-pyrrole nitrogens is 1. The summed E-state index contributed by atoms with van der Waals surface area (Å²) >= 11 is 0. The molecule has 27 heavy (non-hydrogen) atoms. The summed E-state index contributed by atoms with van der Waals surface area (Å²) in [5.74, 6) is 0.480. The maximum absolute atomic E-state index is 12.4. The minimum atomic E-state index is -0.332. The van der Waals surface area contributed by atoms with E-state index in [9.17, 15) is 4.79 Å². The number of nitrogens with one attached hydrogen (secondary N) is 2. The normalized spacial score (nSPS) is 11.3. The quantitative estimate of drug-likeness (QED) is 0.492. The van der Waals surface area contributed by atoms with Gasteiger partial charge in [0.15, 0.2) is 0 Å². The summed E-state index contributed by atoms with van der Waals surface area (Å²) in [4.78, 5) is 12.4. The third-order valence-electron chi connectivity index (χ3n) is 4.02. The van der Waals surface area contributed by atoms with Crippen LogP contribution in [0, 0.1) is 0 Å². The average Bonchev–Trinajstić information content (AvgIpc) is 3.21. The molecule has 0 bridgehead atoms. The van der Waals surface area contributed by atoms with Crippen LogP contribution in [-0.2, 0) is 0 Å². The summed E-state index contributed by atoms with van der Waals surface area (Å²) in [7, 11) is 0. The molecule has 0 radical (unpaired) electrons. The van der Waals surface area contributed by atoms with Gasteiger partial charge in [-0.05, 0) is 49.2 Å². The first-order valence-electron chi connectivity index (χ1n) is 8.92. The number of carbonyl (C=O) groups excluding carboxylic acids is 1. The van der Waals surface area contributed by atoms with Crippen molar-refractivity contribution in [3.63, 3.8) is 0 Å². The molecule has 0 aliphatic rings. The van der Waals surface area contributed by atoms with Gasteiger partial charge in [0.1, 0.15) is 11.4 Å². The minimum Gasteiger partial charge on any atom is -0.494 e. The lowest BCUT2D eigenvalue weighted by molar-refractivity contribution is 0.0950. The molecule has 0 spiro atoms. The zero-order valence-corrected chi connectivity index (χ0v) is 15.4. The molecular weight excluding hydrogens is 340 g/mol. The predicted molar refractivity (Wildman–Crippen MR) is 106 cm³/mol. The Morgan fingerprint density at radius 1 is 1.11 bits per heavy atom. The van der Waals surface area contributed by atoms with Crippen LogP contribution in [0.3, 0.4) is 0 Å². The molecule has 2 aromatic carbocycles. The number of ether oxygens (including phenoxy) is 1. The second-order valence-electron chi connectivity index (χ2n) is 5.84. The molecule has 0 aliphatic carbocycles. The SMILES string of the molecule is CCOc1ccc(/C(CC)=N/NC(=O)c2cc(-c3ccccc3)n[nH]2)cc1. The first-order chi connectivity index (χ1) is 13.2. The highest BCUT2D eigenvalue weighted by Crippen LogP contribution is 2.17. The molecule has 0 saturated heterocycles. The summed E-state index contributed by atoms with van der Waals surface area (Å²) < 4.78 is 5.45. The van der Waals surface area contributed by atoms with Gasteiger partial charge in [-0.25, -0.2) is 5.43 Å². The summed E-state index contributed by atoms with van der Waals surface area (Å²) in [6.45, 7) is 4.56. The molecule has 0 atom stereocenters. The molecule has 1 heterocycles. The van der Waals surface area contributed by atoms with E-state index in [0.29, 0.717) is 24.4 Å². The number of hydrogen-bond acceptors (Lipinski definition) is 4. The molecule has 6 heteroatoms. The number of rotatable bonds is 7. The fraction of sp³-hybridized carbons (Fsp3) is 0.190. The van der Waals surface area contributed by atoms with Crippen molar-refractivity contribution >= 4 is 11.6 Å². The molecule has 1 aromatic heterocycles. The maximum atomic E-state index is 12.4. The topological polar surface area (TPSA) is 79.4 Å². The van der Waals surface area contributed by atoms with Crippen molar-refractivity contribution in [3.8, 4) is 17.0 Å². The van der Waals surface area contributed by atoms with E-state index < -0.39 is 0 Å². The van der Waals surface area contributed by atoms with Crippen molar-refractivity contribution in [1.29, 1.82) is 0 Å². The van der Waals surface area contributed by atoms with Gasteiger partial charge in [0, 0.05) is 5.56 Å². The average molecular weight is 362 g/mol. The third kappa shape index (κ3) is 4.61. The first-order valence-corrected chi connectivity index (χ1v) is 8.92. The first kappa shape index (κ1) is 18.4. The lowest BCUT2D eigenvalue weighted by Crippen LogP contribution is -2.20. The van der Waals surface area contributed by atoms with Crippen LogP contribution in [0.5, 0.6) is 5.75 Å². The number of nitrogens with zero attached hydrogens (tertiary/aromatic N) is 2. The second kappa shape index (κ2) is 8.80. The number of carbonyl (C=O) groups is 1. The zero-order chi connectivity index (χ0) is 19.1. The van der Waals surface area contributed by atoms with Crippen LogP contribution in [0.1, 0.15) is 36.3 Å². The van der Waals surface area contributed by atoms with Gasteiger partial charge in [-0.15, -0.1) is 0 Å². The Labute approximate surface area is 158 Å². The zero-order valence-electron chi connectivity index (χ0n) is 15.4. The van der Waals surface area contributed by atoms with Gasteiger partial charge in [-0.1, -0.05) is 37.3 Å². The van der Waals surface area contributed by atoms with Gasteiger partial charge in [0.2, 0.25) is 0 Å². The van der Waals surface area contributed by atoms with Crippen molar-refractivity contribution in [2.24, 2.45) is 5.10 Å². The molecule has 0 aliphatic heterocycles. The largest absolute Gasteiger partial charge is 0.494 e.